The van der Waals surface area contributed by atoms with E-state index in [9.17, 15) is 9.90 Å². The van der Waals surface area contributed by atoms with Crippen LogP contribution in [0.4, 0.5) is 0 Å². The molecule has 0 saturated heterocycles. The molecule has 0 fully saturated rings. The monoisotopic (exact) mass is 337 g/mol. The van der Waals surface area contributed by atoms with Crippen molar-refractivity contribution >= 4 is 22.9 Å². The summed E-state index contributed by atoms with van der Waals surface area (Å²) in [5.74, 6) is 0.0363. The Morgan fingerprint density at radius 2 is 2.22 bits per heavy atom. The summed E-state index contributed by atoms with van der Waals surface area (Å²) < 4.78 is 10.3. The van der Waals surface area contributed by atoms with Crippen LogP contribution >= 0.6 is 11.8 Å². The Labute approximate surface area is 139 Å². The molecule has 2 rings (SSSR count). The Balaban J connectivity index is 2.51. The molecular formula is C16H21N2O4S+. The Bertz CT molecular complexity index is 670. The van der Waals surface area contributed by atoms with Gasteiger partial charge in [0, 0.05) is 5.56 Å². The number of amidine groups is 1. The number of esters is 1. The summed E-state index contributed by atoms with van der Waals surface area (Å²) in [4.78, 5) is 15.6. The van der Waals surface area contributed by atoms with Crippen LogP contribution in [0.5, 0.6) is 11.5 Å². The molecular weight excluding hydrogens is 316 g/mol. The van der Waals surface area contributed by atoms with Crippen molar-refractivity contribution in [3.63, 3.8) is 0 Å². The zero-order valence-corrected chi connectivity index (χ0v) is 14.4. The number of nitrogens with one attached hydrogen (secondary N) is 2. The third-order valence-electron chi connectivity index (χ3n) is 3.51. The molecule has 3 N–H and O–H groups in total. The first-order chi connectivity index (χ1) is 11.0. The second kappa shape index (κ2) is 7.41. The molecule has 6 nitrogen and oxygen atoms in total. The molecule has 0 bridgehead atoms. The van der Waals surface area contributed by atoms with Gasteiger partial charge in [0.1, 0.15) is 11.3 Å². The van der Waals surface area contributed by atoms with E-state index in [0.717, 1.165) is 16.4 Å². The number of thioether (sulfide) groups is 1. The van der Waals surface area contributed by atoms with Gasteiger partial charge in [0.2, 0.25) is 0 Å². The van der Waals surface area contributed by atoms with Crippen molar-refractivity contribution in [3.8, 4) is 11.5 Å². The van der Waals surface area contributed by atoms with Crippen LogP contribution in [-0.2, 0) is 9.53 Å². The highest BCUT2D eigenvalue weighted by Gasteiger charge is 2.34. The van der Waals surface area contributed by atoms with Gasteiger partial charge in [-0.2, -0.15) is 0 Å². The largest absolute Gasteiger partial charge is 0.504 e. The summed E-state index contributed by atoms with van der Waals surface area (Å²) >= 11 is 1.52. The molecule has 1 aliphatic heterocycles. The van der Waals surface area contributed by atoms with Gasteiger partial charge in [-0.15, -0.1) is 0 Å². The zero-order chi connectivity index (χ0) is 17.0. The van der Waals surface area contributed by atoms with E-state index in [1.54, 1.807) is 25.1 Å². The molecule has 1 unspecified atom stereocenters. The smallest absolute Gasteiger partial charge is 0.342 e. The molecule has 0 radical (unpaired) electrons. The summed E-state index contributed by atoms with van der Waals surface area (Å²) in [6.45, 7) is 3.92. The van der Waals surface area contributed by atoms with Crippen LogP contribution in [0.25, 0.3) is 0 Å². The second-order valence-corrected chi connectivity index (χ2v) is 5.74. The van der Waals surface area contributed by atoms with Crippen molar-refractivity contribution in [1.29, 1.82) is 0 Å². The number of carbonyl (C=O) groups excluding carboxylic acids is 1. The lowest BCUT2D eigenvalue weighted by Crippen LogP contribution is -2.79. The standard InChI is InChI=1S/C16H20N2O4S/c1-5-22-15(20)13-9(2)17-16(23-4)18-14(13)10-6-7-11(19)12(8-10)21-3/h6-8,14,19H,5H2,1-4H3,(H,17,18)/p+1. The van der Waals surface area contributed by atoms with E-state index in [0.29, 0.717) is 17.9 Å². The van der Waals surface area contributed by atoms with Gasteiger partial charge in [-0.1, -0.05) is 6.07 Å². The van der Waals surface area contributed by atoms with Crippen LogP contribution in [0.3, 0.4) is 0 Å². The molecule has 0 aliphatic carbocycles. The average molecular weight is 337 g/mol. The van der Waals surface area contributed by atoms with Gasteiger partial charge < -0.3 is 14.6 Å². The van der Waals surface area contributed by atoms with Crippen molar-refractivity contribution < 1.29 is 24.4 Å². The van der Waals surface area contributed by atoms with E-state index in [4.69, 9.17) is 9.47 Å². The number of methoxy groups -OCH3 is 1. The third-order valence-corrected chi connectivity index (χ3v) is 4.13. The minimum absolute atomic E-state index is 0.0534. The van der Waals surface area contributed by atoms with Gasteiger partial charge >= 0.3 is 11.1 Å². The van der Waals surface area contributed by atoms with Crippen LogP contribution in [0.15, 0.2) is 29.5 Å². The quantitative estimate of drug-likeness (QED) is 0.701. The molecule has 1 atom stereocenters. The predicted octanol–water partition coefficient (Wildman–Crippen LogP) is 0.682. The zero-order valence-electron chi connectivity index (χ0n) is 13.6. The Morgan fingerprint density at radius 3 is 2.83 bits per heavy atom. The van der Waals surface area contributed by atoms with E-state index in [-0.39, 0.29) is 17.8 Å². The lowest BCUT2D eigenvalue weighted by molar-refractivity contribution is -0.498. The first kappa shape index (κ1) is 17.2. The van der Waals surface area contributed by atoms with Crippen LogP contribution < -0.4 is 15.0 Å². The Kier molecular flexibility index (Phi) is 5.54. The number of allylic oxidation sites excluding steroid dienone is 1. The number of phenolic OH excluding ortho intramolecular Hbond substituents is 1. The van der Waals surface area contributed by atoms with Crippen LogP contribution in [0.1, 0.15) is 25.5 Å². The number of carbonyl (C=O) groups is 1. The van der Waals surface area contributed by atoms with Crippen LogP contribution in [0.2, 0.25) is 0 Å². The highest BCUT2D eigenvalue weighted by atomic mass is 32.2. The van der Waals surface area contributed by atoms with Crippen molar-refractivity contribution in [2.45, 2.75) is 19.9 Å². The van der Waals surface area contributed by atoms with Crippen molar-refractivity contribution in [2.75, 3.05) is 20.0 Å². The fourth-order valence-corrected chi connectivity index (χ4v) is 2.90. The van der Waals surface area contributed by atoms with Crippen molar-refractivity contribution in [3.05, 3.63) is 35.0 Å². The summed E-state index contributed by atoms with van der Waals surface area (Å²) in [6, 6.07) is 4.63. The number of benzene rings is 1. The minimum Gasteiger partial charge on any atom is -0.504 e. The second-order valence-electron chi connectivity index (χ2n) is 4.93. The summed E-state index contributed by atoms with van der Waals surface area (Å²) in [5, 5.41) is 13.8. The number of ether oxygens (including phenoxy) is 2. The van der Waals surface area contributed by atoms with Gasteiger partial charge in [-0.25, -0.2) is 10.1 Å². The topological polar surface area (TPSA) is 81.8 Å². The summed E-state index contributed by atoms with van der Waals surface area (Å²) in [7, 11) is 1.49. The molecule has 0 amide bonds. The minimum atomic E-state index is -0.382. The molecule has 0 spiro atoms. The SMILES string of the molecule is CCOC(=O)C1=C(C)NC(SC)=[NH+]C1c1ccc(O)c(OC)c1. The van der Waals surface area contributed by atoms with Gasteiger partial charge in [0.05, 0.1) is 13.7 Å². The highest BCUT2D eigenvalue weighted by Crippen LogP contribution is 2.31. The molecule has 124 valence electrons. The summed E-state index contributed by atoms with van der Waals surface area (Å²) in [5.41, 5.74) is 2.05. The van der Waals surface area contributed by atoms with Gasteiger partial charge in [-0.3, -0.25) is 4.99 Å². The molecule has 1 aromatic carbocycles. The molecule has 1 aromatic rings. The number of phenols is 1. The first-order valence-corrected chi connectivity index (χ1v) is 8.43. The number of hydrogen-bond donors (Lipinski definition) is 3. The third kappa shape index (κ3) is 3.61. The maximum Gasteiger partial charge on any atom is 0.342 e. The van der Waals surface area contributed by atoms with Crippen molar-refractivity contribution in [2.24, 2.45) is 0 Å². The average Bonchev–Trinajstić information content (AvgIpc) is 2.54. The Hall–Kier alpha value is -2.15. The first-order valence-electron chi connectivity index (χ1n) is 7.21. The molecule has 1 heterocycles. The van der Waals surface area contributed by atoms with Crippen LogP contribution in [0, 0.1) is 0 Å². The van der Waals surface area contributed by atoms with Crippen molar-refractivity contribution in [1.82, 2.24) is 5.32 Å². The van der Waals surface area contributed by atoms with Gasteiger partial charge in [0.25, 0.3) is 0 Å². The molecule has 0 aromatic heterocycles. The number of hydrogen-bond acceptors (Lipinski definition) is 6. The summed E-state index contributed by atoms with van der Waals surface area (Å²) in [6.07, 6.45) is 1.94. The van der Waals surface area contributed by atoms with E-state index in [2.05, 4.69) is 10.3 Å². The normalized spacial score (nSPS) is 17.4. The number of rotatable bonds is 4. The van der Waals surface area contributed by atoms with Gasteiger partial charge in [0.15, 0.2) is 17.5 Å². The highest BCUT2D eigenvalue weighted by molar-refractivity contribution is 8.12. The van der Waals surface area contributed by atoms with E-state index < -0.39 is 0 Å². The maximum absolute atomic E-state index is 12.4. The van der Waals surface area contributed by atoms with E-state index in [1.807, 2.05) is 13.2 Å². The van der Waals surface area contributed by atoms with E-state index >= 15 is 0 Å². The van der Waals surface area contributed by atoms with Crippen LogP contribution in [-0.4, -0.2) is 36.2 Å². The molecule has 7 heteroatoms. The van der Waals surface area contributed by atoms with E-state index in [1.165, 1.54) is 18.9 Å². The predicted molar refractivity (Wildman–Crippen MR) is 89.4 cm³/mol. The lowest BCUT2D eigenvalue weighted by Gasteiger charge is -2.21. The molecule has 1 aliphatic rings. The lowest BCUT2D eigenvalue weighted by atomic mass is 9.96. The molecule has 23 heavy (non-hydrogen) atoms. The van der Waals surface area contributed by atoms with Gasteiger partial charge in [-0.05, 0) is 44.0 Å². The molecule has 0 saturated carbocycles. The number of aromatic hydroxyl groups is 1. The Morgan fingerprint density at radius 1 is 1.48 bits per heavy atom. The fourth-order valence-electron chi connectivity index (χ4n) is 2.41. The maximum atomic E-state index is 12.4. The fraction of sp³-hybridized carbons (Fsp3) is 0.375.